The lowest BCUT2D eigenvalue weighted by atomic mass is 9.98. The predicted octanol–water partition coefficient (Wildman–Crippen LogP) is 1.33. The average molecular weight is 493 g/mol. The maximum atomic E-state index is 13.0. The predicted molar refractivity (Wildman–Crippen MR) is 125 cm³/mol. The summed E-state index contributed by atoms with van der Waals surface area (Å²) in [7, 11) is -1.74. The summed E-state index contributed by atoms with van der Waals surface area (Å²) in [6.45, 7) is 4.60. The fourth-order valence-corrected chi connectivity index (χ4v) is 6.01. The molecular formula is C23H32N4O6S. The Bertz CT molecular complexity index is 1160. The van der Waals surface area contributed by atoms with Crippen LogP contribution in [0.4, 0.5) is 0 Å². The number of carbonyl (C=O) groups is 2. The number of sulfonamides is 1. The van der Waals surface area contributed by atoms with Crippen molar-refractivity contribution in [3.8, 4) is 0 Å². The number of carbonyl (C=O) groups excluding carboxylic acids is 2. The molecule has 1 atom stereocenters. The largest absolute Gasteiger partial charge is 0.466 e. The molecule has 0 radical (unpaired) electrons. The SMILES string of the molecule is CCOC(=O)[C@H]1CCCN(C(=O)CCc2nc3cc(S(=O)(=O)N4CCOCC4)ccc3n2C)C1. The molecule has 3 heterocycles. The monoisotopic (exact) mass is 492 g/mol. The molecule has 0 spiro atoms. The number of likely N-dealkylation sites (tertiary alicyclic amines) is 1. The van der Waals surface area contributed by atoms with Gasteiger partial charge in [0.15, 0.2) is 0 Å². The molecule has 0 N–H and O–H groups in total. The molecule has 11 heteroatoms. The zero-order chi connectivity index (χ0) is 24.3. The van der Waals surface area contributed by atoms with Gasteiger partial charge in [-0.15, -0.1) is 0 Å². The second kappa shape index (κ2) is 10.4. The molecule has 1 aromatic heterocycles. The first kappa shape index (κ1) is 24.6. The van der Waals surface area contributed by atoms with E-state index in [9.17, 15) is 18.0 Å². The van der Waals surface area contributed by atoms with Crippen LogP contribution in [-0.4, -0.2) is 85.1 Å². The van der Waals surface area contributed by atoms with E-state index in [4.69, 9.17) is 9.47 Å². The molecule has 2 aliphatic rings. The lowest BCUT2D eigenvalue weighted by Crippen LogP contribution is -2.42. The van der Waals surface area contributed by atoms with E-state index >= 15 is 0 Å². The Balaban J connectivity index is 1.44. The smallest absolute Gasteiger partial charge is 0.310 e. The Morgan fingerprint density at radius 1 is 1.21 bits per heavy atom. The molecule has 4 rings (SSSR count). The Labute approximate surface area is 199 Å². The van der Waals surface area contributed by atoms with E-state index in [1.807, 2.05) is 11.6 Å². The standard InChI is InChI=1S/C23H32N4O6S/c1-3-33-23(29)17-5-4-10-26(16-17)22(28)9-8-21-24-19-15-18(6-7-20(19)25(21)2)34(30,31)27-11-13-32-14-12-27/h6-7,15,17H,3-5,8-14,16H2,1-2H3/t17-/m0/s1. The summed E-state index contributed by atoms with van der Waals surface area (Å²) in [5.41, 5.74) is 1.39. The van der Waals surface area contributed by atoms with E-state index in [2.05, 4.69) is 4.98 Å². The summed E-state index contributed by atoms with van der Waals surface area (Å²) in [6.07, 6.45) is 2.22. The minimum absolute atomic E-state index is 0.0170. The van der Waals surface area contributed by atoms with Gasteiger partial charge in [-0.25, -0.2) is 13.4 Å². The third kappa shape index (κ3) is 5.11. The van der Waals surface area contributed by atoms with Gasteiger partial charge >= 0.3 is 5.97 Å². The van der Waals surface area contributed by atoms with Crippen molar-refractivity contribution in [1.29, 1.82) is 0 Å². The van der Waals surface area contributed by atoms with Gasteiger partial charge in [0.1, 0.15) is 5.82 Å². The number of piperidine rings is 1. The number of hydrogen-bond acceptors (Lipinski definition) is 7. The number of fused-ring (bicyclic) bond motifs is 1. The van der Waals surface area contributed by atoms with Crippen molar-refractivity contribution in [2.75, 3.05) is 46.0 Å². The number of esters is 1. The van der Waals surface area contributed by atoms with Gasteiger partial charge in [0.25, 0.3) is 0 Å². The molecule has 2 saturated heterocycles. The lowest BCUT2D eigenvalue weighted by Gasteiger charge is -2.31. The number of morpholine rings is 1. The van der Waals surface area contributed by atoms with E-state index in [1.165, 1.54) is 4.31 Å². The van der Waals surface area contributed by atoms with Crippen LogP contribution >= 0.6 is 0 Å². The Hall–Kier alpha value is -2.50. The molecule has 0 saturated carbocycles. The van der Waals surface area contributed by atoms with Gasteiger partial charge in [-0.05, 0) is 38.0 Å². The minimum Gasteiger partial charge on any atom is -0.466 e. The third-order valence-corrected chi connectivity index (χ3v) is 8.40. The summed E-state index contributed by atoms with van der Waals surface area (Å²) < 4.78 is 39.7. The van der Waals surface area contributed by atoms with Gasteiger partial charge in [0.05, 0.1) is 41.7 Å². The molecule has 2 aromatic rings. The maximum absolute atomic E-state index is 13.0. The van der Waals surface area contributed by atoms with E-state index in [-0.39, 0.29) is 29.1 Å². The number of rotatable bonds is 7. The Morgan fingerprint density at radius 2 is 1.97 bits per heavy atom. The number of hydrogen-bond donors (Lipinski definition) is 0. The fraction of sp³-hybridized carbons (Fsp3) is 0.609. The van der Waals surface area contributed by atoms with E-state index < -0.39 is 10.0 Å². The first-order valence-electron chi connectivity index (χ1n) is 11.8. The highest BCUT2D eigenvalue weighted by molar-refractivity contribution is 7.89. The van der Waals surface area contributed by atoms with Crippen molar-refractivity contribution >= 4 is 32.9 Å². The number of aryl methyl sites for hydroxylation is 2. The van der Waals surface area contributed by atoms with Gasteiger partial charge < -0.3 is 18.9 Å². The Morgan fingerprint density at radius 3 is 2.71 bits per heavy atom. The minimum atomic E-state index is -3.61. The summed E-state index contributed by atoms with van der Waals surface area (Å²) in [6, 6.07) is 4.96. The van der Waals surface area contributed by atoms with Crippen LogP contribution < -0.4 is 0 Å². The highest BCUT2D eigenvalue weighted by Crippen LogP contribution is 2.24. The first-order chi connectivity index (χ1) is 16.3. The number of nitrogens with zero attached hydrogens (tertiary/aromatic N) is 4. The topological polar surface area (TPSA) is 111 Å². The lowest BCUT2D eigenvalue weighted by molar-refractivity contribution is -0.151. The molecule has 0 unspecified atom stereocenters. The van der Waals surface area contributed by atoms with Crippen LogP contribution in [-0.2, 0) is 42.6 Å². The maximum Gasteiger partial charge on any atom is 0.310 e. The molecule has 0 aliphatic carbocycles. The molecule has 1 amide bonds. The van der Waals surface area contributed by atoms with Crippen molar-refractivity contribution in [1.82, 2.24) is 18.8 Å². The van der Waals surface area contributed by atoms with E-state index in [1.54, 1.807) is 30.0 Å². The van der Waals surface area contributed by atoms with Gasteiger partial charge in [0.2, 0.25) is 15.9 Å². The summed E-state index contributed by atoms with van der Waals surface area (Å²) >= 11 is 0. The molecule has 2 fully saturated rings. The summed E-state index contributed by atoms with van der Waals surface area (Å²) in [5.74, 6) is 0.193. The number of aromatic nitrogens is 2. The fourth-order valence-electron chi connectivity index (χ4n) is 4.58. The van der Waals surface area contributed by atoms with Crippen molar-refractivity contribution in [3.05, 3.63) is 24.0 Å². The first-order valence-corrected chi connectivity index (χ1v) is 13.2. The van der Waals surface area contributed by atoms with Crippen LogP contribution in [0.3, 0.4) is 0 Å². The van der Waals surface area contributed by atoms with Crippen molar-refractivity contribution in [2.45, 2.75) is 37.5 Å². The number of imidazole rings is 1. The molecule has 186 valence electrons. The third-order valence-electron chi connectivity index (χ3n) is 6.51. The highest BCUT2D eigenvalue weighted by atomic mass is 32.2. The Kier molecular flexibility index (Phi) is 7.54. The van der Waals surface area contributed by atoms with Gasteiger partial charge in [0, 0.05) is 46.1 Å². The average Bonchev–Trinajstić information content (AvgIpc) is 3.18. The van der Waals surface area contributed by atoms with Crippen LogP contribution in [0.25, 0.3) is 11.0 Å². The zero-order valence-electron chi connectivity index (χ0n) is 19.7. The molecule has 0 bridgehead atoms. The van der Waals surface area contributed by atoms with Gasteiger partial charge in [-0.2, -0.15) is 4.31 Å². The van der Waals surface area contributed by atoms with Crippen LogP contribution in [0.5, 0.6) is 0 Å². The second-order valence-electron chi connectivity index (χ2n) is 8.68. The summed E-state index contributed by atoms with van der Waals surface area (Å²) in [4.78, 5) is 31.5. The van der Waals surface area contributed by atoms with Gasteiger partial charge in [-0.3, -0.25) is 9.59 Å². The quantitative estimate of drug-likeness (QED) is 0.536. The van der Waals surface area contributed by atoms with Crippen LogP contribution in [0.15, 0.2) is 23.1 Å². The number of benzene rings is 1. The van der Waals surface area contributed by atoms with Gasteiger partial charge in [-0.1, -0.05) is 0 Å². The summed E-state index contributed by atoms with van der Waals surface area (Å²) in [5, 5.41) is 0. The van der Waals surface area contributed by atoms with Crippen LogP contribution in [0.1, 0.15) is 32.0 Å². The van der Waals surface area contributed by atoms with E-state index in [0.29, 0.717) is 63.8 Å². The van der Waals surface area contributed by atoms with Crippen LogP contribution in [0, 0.1) is 5.92 Å². The van der Waals surface area contributed by atoms with Crippen molar-refractivity contribution < 1.29 is 27.5 Å². The molecule has 10 nitrogen and oxygen atoms in total. The normalized spacial score (nSPS) is 19.9. The van der Waals surface area contributed by atoms with Crippen molar-refractivity contribution in [3.63, 3.8) is 0 Å². The number of amides is 1. The van der Waals surface area contributed by atoms with Crippen LogP contribution in [0.2, 0.25) is 0 Å². The zero-order valence-corrected chi connectivity index (χ0v) is 20.6. The van der Waals surface area contributed by atoms with E-state index in [0.717, 1.165) is 18.4 Å². The molecule has 2 aliphatic heterocycles. The van der Waals surface area contributed by atoms with Crippen molar-refractivity contribution in [2.24, 2.45) is 13.0 Å². The molecule has 1 aromatic carbocycles. The highest BCUT2D eigenvalue weighted by Gasteiger charge is 2.30. The molecular weight excluding hydrogens is 460 g/mol. The molecule has 34 heavy (non-hydrogen) atoms. The second-order valence-corrected chi connectivity index (χ2v) is 10.6. The number of ether oxygens (including phenoxy) is 2.